The van der Waals surface area contributed by atoms with E-state index in [9.17, 15) is 0 Å². The molecule has 1 aliphatic rings. The summed E-state index contributed by atoms with van der Waals surface area (Å²) >= 11 is 1.88. The highest BCUT2D eigenvalue weighted by Gasteiger charge is 2.15. The van der Waals surface area contributed by atoms with Gasteiger partial charge in [-0.3, -0.25) is 4.72 Å². The molecule has 0 aromatic rings. The first-order chi connectivity index (χ1) is 6.08. The van der Waals surface area contributed by atoms with Crippen molar-refractivity contribution >= 4 is 11.9 Å². The largest absolute Gasteiger partial charge is 0.263 e. The molecule has 0 aromatic heterocycles. The van der Waals surface area contributed by atoms with Gasteiger partial charge in [0.05, 0.1) is 0 Å². The van der Waals surface area contributed by atoms with Crippen LogP contribution < -0.4 is 4.72 Å². The molecule has 0 amide bonds. The van der Waals surface area contributed by atoms with Crippen LogP contribution in [-0.4, -0.2) is 11.3 Å². The van der Waals surface area contributed by atoms with Gasteiger partial charge in [0.1, 0.15) is 0 Å². The molecule has 1 rings (SSSR count). The molecule has 13 heavy (non-hydrogen) atoms. The van der Waals surface area contributed by atoms with E-state index < -0.39 is 0 Å². The number of rotatable bonds is 3. The fourth-order valence-corrected chi connectivity index (χ4v) is 2.52. The number of nitrogens with one attached hydrogen (secondary N) is 1. The zero-order valence-electron chi connectivity index (χ0n) is 9.23. The van der Waals surface area contributed by atoms with Gasteiger partial charge in [0.15, 0.2) is 0 Å². The second kappa shape index (κ2) is 5.26. The summed E-state index contributed by atoms with van der Waals surface area (Å²) in [5, 5.41) is 0. The van der Waals surface area contributed by atoms with Gasteiger partial charge in [-0.25, -0.2) is 0 Å². The minimum absolute atomic E-state index is 0.356. The van der Waals surface area contributed by atoms with Crippen LogP contribution in [0.5, 0.6) is 0 Å². The molecule has 0 radical (unpaired) electrons. The Balaban J connectivity index is 2.04. The summed E-state index contributed by atoms with van der Waals surface area (Å²) in [7, 11) is 0. The Morgan fingerprint density at radius 3 is 2.31 bits per heavy atom. The van der Waals surface area contributed by atoms with E-state index in [0.717, 1.165) is 5.92 Å². The molecule has 78 valence electrons. The first kappa shape index (κ1) is 11.4. The van der Waals surface area contributed by atoms with E-state index in [-0.39, 0.29) is 0 Å². The maximum absolute atomic E-state index is 3.51. The summed E-state index contributed by atoms with van der Waals surface area (Å²) < 4.78 is 3.87. The summed E-state index contributed by atoms with van der Waals surface area (Å²) in [5.74, 6) is 0.948. The van der Waals surface area contributed by atoms with E-state index >= 15 is 0 Å². The third kappa shape index (κ3) is 5.58. The van der Waals surface area contributed by atoms with Crippen molar-refractivity contribution in [1.29, 1.82) is 0 Å². The Hall–Kier alpha value is 0.310. The average molecular weight is 201 g/mol. The molecular formula is C11H23NS. The lowest BCUT2D eigenvalue weighted by Crippen LogP contribution is -2.24. The minimum Gasteiger partial charge on any atom is -0.263 e. The summed E-state index contributed by atoms with van der Waals surface area (Å²) in [6, 6.07) is 0. The lowest BCUT2D eigenvalue weighted by molar-refractivity contribution is 0.360. The fourth-order valence-electron chi connectivity index (χ4n) is 1.77. The first-order valence-electron chi connectivity index (χ1n) is 5.49. The van der Waals surface area contributed by atoms with Crippen molar-refractivity contribution in [2.75, 3.05) is 6.54 Å². The Morgan fingerprint density at radius 2 is 1.77 bits per heavy atom. The normalized spacial score (nSPS) is 20.5. The fraction of sp³-hybridized carbons (Fsp3) is 1.00. The van der Waals surface area contributed by atoms with Gasteiger partial charge in [-0.05, 0) is 39.5 Å². The van der Waals surface area contributed by atoms with Crippen LogP contribution in [0.1, 0.15) is 52.9 Å². The third-order valence-electron chi connectivity index (χ3n) is 2.48. The number of hydrogen-bond donors (Lipinski definition) is 1. The predicted octanol–water partition coefficient (Wildman–Crippen LogP) is 3.60. The summed E-state index contributed by atoms with van der Waals surface area (Å²) in [6.07, 6.45) is 7.25. The topological polar surface area (TPSA) is 12.0 Å². The van der Waals surface area contributed by atoms with Gasteiger partial charge < -0.3 is 0 Å². The van der Waals surface area contributed by atoms with Crippen molar-refractivity contribution < 1.29 is 0 Å². The van der Waals surface area contributed by atoms with E-state index in [1.165, 1.54) is 38.6 Å². The maximum atomic E-state index is 3.51. The van der Waals surface area contributed by atoms with Crippen molar-refractivity contribution in [2.45, 2.75) is 57.6 Å². The van der Waals surface area contributed by atoms with Gasteiger partial charge >= 0.3 is 0 Å². The predicted molar refractivity (Wildman–Crippen MR) is 61.9 cm³/mol. The van der Waals surface area contributed by atoms with Crippen molar-refractivity contribution in [3.05, 3.63) is 0 Å². The molecule has 1 saturated carbocycles. The minimum atomic E-state index is 0.356. The van der Waals surface area contributed by atoms with Crippen molar-refractivity contribution in [3.63, 3.8) is 0 Å². The van der Waals surface area contributed by atoms with Gasteiger partial charge in [-0.2, -0.15) is 0 Å². The van der Waals surface area contributed by atoms with Gasteiger partial charge in [0.25, 0.3) is 0 Å². The van der Waals surface area contributed by atoms with E-state index in [4.69, 9.17) is 0 Å². The Kier molecular flexibility index (Phi) is 4.60. The van der Waals surface area contributed by atoms with Crippen molar-refractivity contribution in [3.8, 4) is 0 Å². The molecule has 1 N–H and O–H groups in total. The summed E-state index contributed by atoms with van der Waals surface area (Å²) in [6.45, 7) is 7.98. The maximum Gasteiger partial charge on any atom is 0.0220 e. The second-order valence-corrected chi connectivity index (χ2v) is 6.78. The van der Waals surface area contributed by atoms with Crippen LogP contribution in [0.15, 0.2) is 0 Å². The van der Waals surface area contributed by atoms with Gasteiger partial charge in [-0.1, -0.05) is 31.2 Å². The highest BCUT2D eigenvalue weighted by molar-refractivity contribution is 7.98. The number of hydrogen-bond acceptors (Lipinski definition) is 2. The summed E-state index contributed by atoms with van der Waals surface area (Å²) in [5.41, 5.74) is 0. The van der Waals surface area contributed by atoms with Crippen molar-refractivity contribution in [1.82, 2.24) is 4.72 Å². The van der Waals surface area contributed by atoms with Gasteiger partial charge in [-0.15, -0.1) is 0 Å². The van der Waals surface area contributed by atoms with Crippen LogP contribution in [0.25, 0.3) is 0 Å². The quantitative estimate of drug-likeness (QED) is 0.700. The second-order valence-electron chi connectivity index (χ2n) is 5.07. The SMILES string of the molecule is CC(C)(C)SNCC1CCCCC1. The molecule has 0 aliphatic heterocycles. The Bertz CT molecular complexity index is 134. The van der Waals surface area contributed by atoms with E-state index in [1.807, 2.05) is 11.9 Å². The zero-order valence-corrected chi connectivity index (χ0v) is 10.0. The van der Waals surface area contributed by atoms with Crippen LogP contribution in [0.3, 0.4) is 0 Å². The standard InChI is InChI=1S/C11H23NS/c1-11(2,3)13-12-9-10-7-5-4-6-8-10/h10,12H,4-9H2,1-3H3. The molecule has 0 aromatic carbocycles. The molecule has 0 saturated heterocycles. The van der Waals surface area contributed by atoms with Crippen LogP contribution in [-0.2, 0) is 0 Å². The van der Waals surface area contributed by atoms with Crippen LogP contribution in [0, 0.1) is 5.92 Å². The lowest BCUT2D eigenvalue weighted by atomic mass is 9.90. The molecule has 2 heteroatoms. The highest BCUT2D eigenvalue weighted by atomic mass is 32.2. The van der Waals surface area contributed by atoms with E-state index in [2.05, 4.69) is 25.5 Å². The smallest absolute Gasteiger partial charge is 0.0220 e. The molecule has 1 nitrogen and oxygen atoms in total. The van der Waals surface area contributed by atoms with Gasteiger partial charge in [0, 0.05) is 11.3 Å². The van der Waals surface area contributed by atoms with Crippen LogP contribution in [0.4, 0.5) is 0 Å². The first-order valence-corrected chi connectivity index (χ1v) is 6.30. The monoisotopic (exact) mass is 201 g/mol. The van der Waals surface area contributed by atoms with E-state index in [0.29, 0.717) is 4.75 Å². The molecular weight excluding hydrogens is 178 g/mol. The third-order valence-corrected chi connectivity index (χ3v) is 3.40. The Morgan fingerprint density at radius 1 is 1.15 bits per heavy atom. The molecule has 0 spiro atoms. The van der Waals surface area contributed by atoms with Gasteiger partial charge in [0.2, 0.25) is 0 Å². The zero-order chi connectivity index (χ0) is 9.73. The highest BCUT2D eigenvalue weighted by Crippen LogP contribution is 2.25. The molecule has 1 fully saturated rings. The van der Waals surface area contributed by atoms with Crippen LogP contribution >= 0.6 is 11.9 Å². The Labute approximate surface area is 87.2 Å². The van der Waals surface area contributed by atoms with Crippen LogP contribution in [0.2, 0.25) is 0 Å². The average Bonchev–Trinajstić information content (AvgIpc) is 2.04. The molecule has 0 atom stereocenters. The lowest BCUT2D eigenvalue weighted by Gasteiger charge is -2.24. The van der Waals surface area contributed by atoms with E-state index in [1.54, 1.807) is 0 Å². The molecule has 0 bridgehead atoms. The molecule has 0 unspecified atom stereocenters. The summed E-state index contributed by atoms with van der Waals surface area (Å²) in [4.78, 5) is 0. The molecule has 0 heterocycles. The van der Waals surface area contributed by atoms with Crippen molar-refractivity contribution in [2.24, 2.45) is 5.92 Å². The molecule has 1 aliphatic carbocycles.